The molecule has 88 valence electrons. The molecule has 0 aromatic heterocycles. The van der Waals surface area contributed by atoms with Crippen molar-refractivity contribution < 1.29 is 14.6 Å². The van der Waals surface area contributed by atoms with Crippen LogP contribution >= 0.6 is 0 Å². The summed E-state index contributed by atoms with van der Waals surface area (Å²) in [6.07, 6.45) is 3.03. The second-order valence-corrected chi connectivity index (χ2v) is 4.11. The fourth-order valence-electron chi connectivity index (χ4n) is 2.15. The molecule has 0 spiro atoms. The first-order valence-corrected chi connectivity index (χ1v) is 5.85. The Morgan fingerprint density at radius 3 is 2.81 bits per heavy atom. The Morgan fingerprint density at radius 1 is 1.25 bits per heavy atom. The van der Waals surface area contributed by atoms with Crippen molar-refractivity contribution in [1.82, 2.24) is 0 Å². The van der Waals surface area contributed by atoms with E-state index in [2.05, 4.69) is 13.0 Å². The van der Waals surface area contributed by atoms with E-state index in [9.17, 15) is 0 Å². The normalized spacial score (nSPS) is 15.1. The lowest BCUT2D eigenvalue weighted by atomic mass is 9.91. The Bertz CT molecular complexity index is 343. The number of fused-ring (bicyclic) bond motifs is 1. The molecule has 3 nitrogen and oxygen atoms in total. The summed E-state index contributed by atoms with van der Waals surface area (Å²) in [5.74, 6) is 2.07. The van der Waals surface area contributed by atoms with E-state index in [1.807, 2.05) is 12.1 Å². The lowest BCUT2D eigenvalue weighted by molar-refractivity contribution is 0.174. The van der Waals surface area contributed by atoms with Gasteiger partial charge in [-0.1, -0.05) is 19.4 Å². The minimum Gasteiger partial charge on any atom is -0.454 e. The fourth-order valence-corrected chi connectivity index (χ4v) is 2.15. The van der Waals surface area contributed by atoms with Gasteiger partial charge in [0.05, 0.1) is 0 Å². The second-order valence-electron chi connectivity index (χ2n) is 4.11. The predicted octanol–water partition coefficient (Wildman–Crippen LogP) is 2.68. The quantitative estimate of drug-likeness (QED) is 0.832. The average molecular weight is 222 g/mol. The fraction of sp³-hybridized carbons (Fsp3) is 0.538. The van der Waals surface area contributed by atoms with Gasteiger partial charge in [-0.15, -0.1) is 0 Å². The molecule has 1 N–H and O–H groups in total. The largest absolute Gasteiger partial charge is 0.454 e. The number of aliphatic hydroxyl groups is 1. The Balaban J connectivity index is 2.17. The molecule has 1 atom stereocenters. The van der Waals surface area contributed by atoms with Gasteiger partial charge in [-0.05, 0) is 36.5 Å². The van der Waals surface area contributed by atoms with Crippen LogP contribution < -0.4 is 9.47 Å². The highest BCUT2D eigenvalue weighted by Crippen LogP contribution is 2.36. The van der Waals surface area contributed by atoms with Crippen LogP contribution in [0.3, 0.4) is 0 Å². The molecule has 0 amide bonds. The molecule has 0 saturated carbocycles. The first-order chi connectivity index (χ1) is 7.85. The van der Waals surface area contributed by atoms with Gasteiger partial charge in [-0.25, -0.2) is 0 Å². The topological polar surface area (TPSA) is 38.7 Å². The van der Waals surface area contributed by atoms with E-state index in [0.29, 0.717) is 12.7 Å². The van der Waals surface area contributed by atoms with Crippen molar-refractivity contribution in [2.24, 2.45) is 0 Å². The van der Waals surface area contributed by atoms with E-state index in [4.69, 9.17) is 14.6 Å². The van der Waals surface area contributed by atoms with Crippen LogP contribution in [0.2, 0.25) is 0 Å². The van der Waals surface area contributed by atoms with Crippen LogP contribution in [-0.4, -0.2) is 18.5 Å². The van der Waals surface area contributed by atoms with Crippen LogP contribution in [0.5, 0.6) is 11.5 Å². The monoisotopic (exact) mass is 222 g/mol. The van der Waals surface area contributed by atoms with Crippen LogP contribution in [0, 0.1) is 0 Å². The molecule has 0 saturated heterocycles. The van der Waals surface area contributed by atoms with Crippen molar-refractivity contribution in [2.75, 3.05) is 13.4 Å². The molecule has 0 bridgehead atoms. The highest BCUT2D eigenvalue weighted by atomic mass is 16.7. The number of hydrogen-bond donors (Lipinski definition) is 1. The van der Waals surface area contributed by atoms with Gasteiger partial charge in [-0.2, -0.15) is 0 Å². The van der Waals surface area contributed by atoms with Gasteiger partial charge in [0.2, 0.25) is 6.79 Å². The Labute approximate surface area is 96.0 Å². The number of ether oxygens (including phenoxy) is 2. The standard InChI is InChI=1S/C13H18O3/c1-2-3-10(6-7-14)11-4-5-12-13(8-11)16-9-15-12/h4-5,8,10,14H,2-3,6-7,9H2,1H3. The molecule has 2 rings (SSSR count). The molecule has 0 fully saturated rings. The maximum atomic E-state index is 9.06. The lowest BCUT2D eigenvalue weighted by Crippen LogP contribution is -2.01. The zero-order valence-electron chi connectivity index (χ0n) is 9.61. The van der Waals surface area contributed by atoms with Crippen molar-refractivity contribution in [2.45, 2.75) is 32.1 Å². The van der Waals surface area contributed by atoms with Crippen molar-refractivity contribution in [3.63, 3.8) is 0 Å². The second kappa shape index (κ2) is 5.21. The SMILES string of the molecule is CCCC(CCO)c1ccc2c(c1)OCO2. The molecule has 1 aromatic carbocycles. The number of rotatable bonds is 5. The third-order valence-electron chi connectivity index (χ3n) is 2.98. The summed E-state index contributed by atoms with van der Waals surface area (Å²) in [6, 6.07) is 6.07. The highest BCUT2D eigenvalue weighted by Gasteiger charge is 2.17. The summed E-state index contributed by atoms with van der Waals surface area (Å²) < 4.78 is 10.6. The molecular formula is C13H18O3. The number of aliphatic hydroxyl groups excluding tert-OH is 1. The third kappa shape index (κ3) is 2.30. The maximum absolute atomic E-state index is 9.06. The Morgan fingerprint density at radius 2 is 2.06 bits per heavy atom. The van der Waals surface area contributed by atoms with Gasteiger partial charge in [0.1, 0.15) is 0 Å². The summed E-state index contributed by atoms with van der Waals surface area (Å²) in [5.41, 5.74) is 1.24. The molecule has 1 aromatic rings. The molecule has 1 aliphatic rings. The minimum absolute atomic E-state index is 0.235. The molecule has 1 heterocycles. The van der Waals surface area contributed by atoms with E-state index >= 15 is 0 Å². The van der Waals surface area contributed by atoms with Crippen molar-refractivity contribution in [1.29, 1.82) is 0 Å². The lowest BCUT2D eigenvalue weighted by Gasteiger charge is -2.15. The molecule has 0 aliphatic carbocycles. The zero-order chi connectivity index (χ0) is 11.4. The Kier molecular flexibility index (Phi) is 3.67. The smallest absolute Gasteiger partial charge is 0.231 e. The summed E-state index contributed by atoms with van der Waals surface area (Å²) >= 11 is 0. The van der Waals surface area contributed by atoms with Gasteiger partial charge in [0.15, 0.2) is 11.5 Å². The van der Waals surface area contributed by atoms with Crippen LogP contribution in [0.25, 0.3) is 0 Å². The molecule has 0 radical (unpaired) electrons. The molecule has 16 heavy (non-hydrogen) atoms. The van der Waals surface area contributed by atoms with Gasteiger partial charge in [-0.3, -0.25) is 0 Å². The first-order valence-electron chi connectivity index (χ1n) is 5.85. The van der Waals surface area contributed by atoms with E-state index < -0.39 is 0 Å². The summed E-state index contributed by atoms with van der Waals surface area (Å²) in [7, 11) is 0. The Hall–Kier alpha value is -1.22. The molecular weight excluding hydrogens is 204 g/mol. The van der Waals surface area contributed by atoms with Crippen molar-refractivity contribution in [3.05, 3.63) is 23.8 Å². The van der Waals surface area contributed by atoms with Crippen LogP contribution in [-0.2, 0) is 0 Å². The van der Waals surface area contributed by atoms with Crippen molar-refractivity contribution >= 4 is 0 Å². The van der Waals surface area contributed by atoms with Gasteiger partial charge >= 0.3 is 0 Å². The first kappa shape index (κ1) is 11.3. The molecule has 1 aliphatic heterocycles. The van der Waals surface area contributed by atoms with Crippen LogP contribution in [0.4, 0.5) is 0 Å². The third-order valence-corrected chi connectivity index (χ3v) is 2.98. The number of benzene rings is 1. The summed E-state index contributed by atoms with van der Waals surface area (Å²) in [4.78, 5) is 0. The van der Waals surface area contributed by atoms with E-state index in [0.717, 1.165) is 30.8 Å². The van der Waals surface area contributed by atoms with E-state index in [-0.39, 0.29) is 6.61 Å². The number of hydrogen-bond acceptors (Lipinski definition) is 3. The van der Waals surface area contributed by atoms with E-state index in [1.165, 1.54) is 5.56 Å². The molecule has 1 unspecified atom stereocenters. The van der Waals surface area contributed by atoms with E-state index in [1.54, 1.807) is 0 Å². The minimum atomic E-state index is 0.235. The van der Waals surface area contributed by atoms with Gasteiger partial charge in [0, 0.05) is 6.61 Å². The summed E-state index contributed by atoms with van der Waals surface area (Å²) in [6.45, 7) is 2.72. The maximum Gasteiger partial charge on any atom is 0.231 e. The van der Waals surface area contributed by atoms with Gasteiger partial charge in [0.25, 0.3) is 0 Å². The molecule has 3 heteroatoms. The van der Waals surface area contributed by atoms with Crippen LogP contribution in [0.15, 0.2) is 18.2 Å². The summed E-state index contributed by atoms with van der Waals surface area (Å²) in [5, 5.41) is 9.06. The zero-order valence-corrected chi connectivity index (χ0v) is 9.61. The van der Waals surface area contributed by atoms with Crippen molar-refractivity contribution in [3.8, 4) is 11.5 Å². The van der Waals surface area contributed by atoms with Crippen LogP contribution in [0.1, 0.15) is 37.7 Å². The average Bonchev–Trinajstić information content (AvgIpc) is 2.75. The highest BCUT2D eigenvalue weighted by molar-refractivity contribution is 5.45. The predicted molar refractivity (Wildman–Crippen MR) is 61.9 cm³/mol. The van der Waals surface area contributed by atoms with Gasteiger partial charge < -0.3 is 14.6 Å².